The van der Waals surface area contributed by atoms with Gasteiger partial charge >= 0.3 is 0 Å². The highest BCUT2D eigenvalue weighted by Crippen LogP contribution is 2.31. The van der Waals surface area contributed by atoms with Crippen molar-refractivity contribution in [3.63, 3.8) is 0 Å². The van der Waals surface area contributed by atoms with E-state index in [0.717, 1.165) is 11.0 Å². The zero-order chi connectivity index (χ0) is 19.0. The monoisotopic (exact) mass is 385 g/mol. The molecule has 0 N–H and O–H groups in total. The van der Waals surface area contributed by atoms with Gasteiger partial charge in [0.25, 0.3) is 11.8 Å². The summed E-state index contributed by atoms with van der Waals surface area (Å²) in [5.74, 6) is -1.59. The van der Waals surface area contributed by atoms with Crippen LogP contribution in [-0.4, -0.2) is 28.2 Å². The summed E-state index contributed by atoms with van der Waals surface area (Å²) >= 11 is 5.77. The van der Waals surface area contributed by atoms with Crippen molar-refractivity contribution in [3.8, 4) is 5.75 Å². The SMILES string of the molecule is O=C1c2ccccc2C(=O)N1c1ccc(OCCn2cc(Cl)cn2)c(F)c1. The first-order valence-electron chi connectivity index (χ1n) is 8.13. The highest BCUT2D eigenvalue weighted by molar-refractivity contribution is 6.34. The molecule has 0 bridgehead atoms. The van der Waals surface area contributed by atoms with Crippen molar-refractivity contribution in [3.05, 3.63) is 76.8 Å². The van der Waals surface area contributed by atoms with E-state index in [1.54, 1.807) is 35.1 Å². The van der Waals surface area contributed by atoms with Gasteiger partial charge in [0, 0.05) is 12.3 Å². The minimum atomic E-state index is -0.664. The summed E-state index contributed by atoms with van der Waals surface area (Å²) in [7, 11) is 0. The molecule has 0 unspecified atom stereocenters. The summed E-state index contributed by atoms with van der Waals surface area (Å²) in [5.41, 5.74) is 0.771. The van der Waals surface area contributed by atoms with E-state index in [0.29, 0.717) is 22.7 Å². The van der Waals surface area contributed by atoms with Gasteiger partial charge in [-0.25, -0.2) is 9.29 Å². The number of aromatic nitrogens is 2. The minimum Gasteiger partial charge on any atom is -0.489 e. The van der Waals surface area contributed by atoms with Gasteiger partial charge in [0.15, 0.2) is 11.6 Å². The Morgan fingerprint density at radius 1 is 1.07 bits per heavy atom. The maximum atomic E-state index is 14.4. The number of imide groups is 1. The number of rotatable bonds is 5. The Morgan fingerprint density at radius 2 is 1.78 bits per heavy atom. The highest BCUT2D eigenvalue weighted by atomic mass is 35.5. The second-order valence-electron chi connectivity index (χ2n) is 5.88. The maximum Gasteiger partial charge on any atom is 0.266 e. The summed E-state index contributed by atoms with van der Waals surface area (Å²) in [6, 6.07) is 10.5. The van der Waals surface area contributed by atoms with Gasteiger partial charge in [-0.05, 0) is 24.3 Å². The van der Waals surface area contributed by atoms with Crippen LogP contribution in [0.25, 0.3) is 0 Å². The number of amides is 2. The summed E-state index contributed by atoms with van der Waals surface area (Å²) in [6.07, 6.45) is 3.13. The molecule has 2 aromatic carbocycles. The second-order valence-corrected chi connectivity index (χ2v) is 6.31. The van der Waals surface area contributed by atoms with Gasteiger partial charge in [-0.2, -0.15) is 5.10 Å². The molecular weight excluding hydrogens is 373 g/mol. The molecule has 0 fully saturated rings. The number of benzene rings is 2. The van der Waals surface area contributed by atoms with Crippen LogP contribution in [0.2, 0.25) is 5.02 Å². The number of hydrogen-bond acceptors (Lipinski definition) is 4. The van der Waals surface area contributed by atoms with Gasteiger partial charge in [-0.15, -0.1) is 0 Å². The van der Waals surface area contributed by atoms with Crippen LogP contribution in [0.3, 0.4) is 0 Å². The number of carbonyl (C=O) groups is 2. The van der Waals surface area contributed by atoms with Crippen LogP contribution in [0.5, 0.6) is 5.75 Å². The summed E-state index contributed by atoms with van der Waals surface area (Å²) in [4.78, 5) is 25.9. The van der Waals surface area contributed by atoms with Crippen LogP contribution in [-0.2, 0) is 6.54 Å². The van der Waals surface area contributed by atoms with Crippen LogP contribution < -0.4 is 9.64 Å². The predicted octanol–water partition coefficient (Wildman–Crippen LogP) is 3.56. The molecule has 2 amide bonds. The molecule has 6 nitrogen and oxygen atoms in total. The van der Waals surface area contributed by atoms with Gasteiger partial charge < -0.3 is 4.74 Å². The van der Waals surface area contributed by atoms with Crippen LogP contribution in [0, 0.1) is 5.82 Å². The molecule has 4 rings (SSSR count). The lowest BCUT2D eigenvalue weighted by Crippen LogP contribution is -2.29. The van der Waals surface area contributed by atoms with Crippen molar-refractivity contribution in [2.75, 3.05) is 11.5 Å². The van der Waals surface area contributed by atoms with Crippen molar-refractivity contribution < 1.29 is 18.7 Å². The Balaban J connectivity index is 1.49. The van der Waals surface area contributed by atoms with E-state index in [1.807, 2.05) is 0 Å². The molecule has 0 saturated carbocycles. The lowest BCUT2D eigenvalue weighted by Gasteiger charge is -2.15. The predicted molar refractivity (Wildman–Crippen MR) is 96.7 cm³/mol. The first-order valence-corrected chi connectivity index (χ1v) is 8.50. The van der Waals surface area contributed by atoms with E-state index < -0.39 is 17.6 Å². The molecule has 0 atom stereocenters. The highest BCUT2D eigenvalue weighted by Gasteiger charge is 2.36. The number of halogens is 2. The van der Waals surface area contributed by atoms with Crippen molar-refractivity contribution >= 4 is 29.1 Å². The zero-order valence-corrected chi connectivity index (χ0v) is 14.7. The van der Waals surface area contributed by atoms with Crippen LogP contribution in [0.1, 0.15) is 20.7 Å². The fourth-order valence-electron chi connectivity index (χ4n) is 2.88. The van der Waals surface area contributed by atoms with E-state index >= 15 is 0 Å². The molecule has 1 aliphatic heterocycles. The van der Waals surface area contributed by atoms with Crippen molar-refractivity contribution in [1.82, 2.24) is 9.78 Å². The standard InChI is InChI=1S/C19H13ClFN3O3/c20-12-10-22-23(11-12)7-8-27-17-6-5-13(9-16(17)21)24-18(25)14-3-1-2-4-15(14)19(24)26/h1-6,9-11H,7-8H2. The van der Waals surface area contributed by atoms with Gasteiger partial charge in [0.05, 0.1) is 34.6 Å². The van der Waals surface area contributed by atoms with Gasteiger partial charge in [-0.3, -0.25) is 14.3 Å². The number of ether oxygens (including phenoxy) is 1. The fraction of sp³-hybridized carbons (Fsp3) is 0.105. The number of anilines is 1. The Labute approximate surface area is 158 Å². The Hall–Kier alpha value is -3.19. The third-order valence-electron chi connectivity index (χ3n) is 4.15. The van der Waals surface area contributed by atoms with Crippen molar-refractivity contribution in [2.45, 2.75) is 6.54 Å². The molecule has 0 spiro atoms. The third kappa shape index (κ3) is 3.17. The van der Waals surface area contributed by atoms with Crippen LogP contribution >= 0.6 is 11.6 Å². The molecule has 0 aliphatic carbocycles. The van der Waals surface area contributed by atoms with E-state index in [9.17, 15) is 14.0 Å². The van der Waals surface area contributed by atoms with Crippen molar-refractivity contribution in [2.24, 2.45) is 0 Å². The smallest absolute Gasteiger partial charge is 0.266 e. The largest absolute Gasteiger partial charge is 0.489 e. The molecule has 1 aromatic heterocycles. The summed E-state index contributed by atoms with van der Waals surface area (Å²) in [5, 5.41) is 4.51. The number of hydrogen-bond donors (Lipinski definition) is 0. The third-order valence-corrected chi connectivity index (χ3v) is 4.34. The molecule has 0 radical (unpaired) electrons. The average Bonchev–Trinajstić information content (AvgIpc) is 3.18. The lowest BCUT2D eigenvalue weighted by molar-refractivity contribution is 0.0926. The molecule has 27 heavy (non-hydrogen) atoms. The van der Waals surface area contributed by atoms with E-state index in [2.05, 4.69) is 5.10 Å². The average molecular weight is 386 g/mol. The molecule has 0 saturated heterocycles. The molecule has 8 heteroatoms. The molecule has 1 aliphatic rings. The normalized spacial score (nSPS) is 13.2. The second kappa shape index (κ2) is 6.85. The van der Waals surface area contributed by atoms with Gasteiger partial charge in [0.1, 0.15) is 6.61 Å². The zero-order valence-electron chi connectivity index (χ0n) is 13.9. The summed E-state index contributed by atoms with van der Waals surface area (Å²) < 4.78 is 21.4. The van der Waals surface area contributed by atoms with E-state index in [4.69, 9.17) is 16.3 Å². The first kappa shape index (κ1) is 17.2. The van der Waals surface area contributed by atoms with Gasteiger partial charge in [-0.1, -0.05) is 23.7 Å². The Morgan fingerprint density at radius 3 is 2.37 bits per heavy atom. The maximum absolute atomic E-state index is 14.4. The Kier molecular flexibility index (Phi) is 4.37. The van der Waals surface area contributed by atoms with Crippen molar-refractivity contribution in [1.29, 1.82) is 0 Å². The molecule has 3 aromatic rings. The van der Waals surface area contributed by atoms with Gasteiger partial charge in [0.2, 0.25) is 0 Å². The lowest BCUT2D eigenvalue weighted by atomic mass is 10.1. The summed E-state index contributed by atoms with van der Waals surface area (Å²) in [6.45, 7) is 0.577. The number of nitrogens with zero attached hydrogens (tertiary/aromatic N) is 3. The fourth-order valence-corrected chi connectivity index (χ4v) is 3.04. The number of fused-ring (bicyclic) bond motifs is 1. The first-order chi connectivity index (χ1) is 13.0. The van der Waals surface area contributed by atoms with E-state index in [-0.39, 0.29) is 18.0 Å². The Bertz CT molecular complexity index is 1020. The van der Waals surface area contributed by atoms with Crippen LogP contribution in [0.15, 0.2) is 54.9 Å². The minimum absolute atomic E-state index is 0.0219. The molecular formula is C19H13ClFN3O3. The molecule has 136 valence electrons. The molecule has 2 heterocycles. The van der Waals surface area contributed by atoms with E-state index in [1.165, 1.54) is 18.3 Å². The number of carbonyl (C=O) groups excluding carboxylic acids is 2. The quantitative estimate of drug-likeness (QED) is 0.630. The van der Waals surface area contributed by atoms with Crippen LogP contribution in [0.4, 0.5) is 10.1 Å². The topological polar surface area (TPSA) is 64.4 Å².